The minimum atomic E-state index is -0.0348. The maximum Gasteiger partial charge on any atom is 0.320 e. The second-order valence-corrected chi connectivity index (χ2v) is 9.47. The summed E-state index contributed by atoms with van der Waals surface area (Å²) in [5.74, 6) is 1.26. The van der Waals surface area contributed by atoms with Gasteiger partial charge in [-0.2, -0.15) is 0 Å². The van der Waals surface area contributed by atoms with Gasteiger partial charge in [0.05, 0.1) is 18.8 Å². The Labute approximate surface area is 179 Å². The van der Waals surface area contributed by atoms with E-state index in [1.807, 2.05) is 29.0 Å². The highest BCUT2D eigenvalue weighted by atomic mass is 16.5. The fourth-order valence-corrected chi connectivity index (χ4v) is 3.93. The van der Waals surface area contributed by atoms with Crippen LogP contribution >= 0.6 is 0 Å². The zero-order valence-electron chi connectivity index (χ0n) is 18.6. The Morgan fingerprint density at radius 1 is 1.17 bits per heavy atom. The molecule has 0 radical (unpaired) electrons. The van der Waals surface area contributed by atoms with Gasteiger partial charge in [-0.25, -0.2) is 4.79 Å². The average molecular weight is 418 g/mol. The maximum absolute atomic E-state index is 12.9. The number of nitrogens with one attached hydrogen (secondary N) is 1. The largest absolute Gasteiger partial charge is 0.493 e. The Morgan fingerprint density at radius 2 is 1.87 bits per heavy atom. The summed E-state index contributed by atoms with van der Waals surface area (Å²) in [6.45, 7) is 9.98. The Balaban J connectivity index is 1.47. The lowest BCUT2D eigenvalue weighted by atomic mass is 9.91. The number of ether oxygens (including phenoxy) is 2. The van der Waals surface area contributed by atoms with Crippen LogP contribution in [0.2, 0.25) is 0 Å². The van der Waals surface area contributed by atoms with E-state index in [-0.39, 0.29) is 30.2 Å². The highest BCUT2D eigenvalue weighted by Gasteiger charge is 2.38. The van der Waals surface area contributed by atoms with Gasteiger partial charge in [-0.3, -0.25) is 0 Å². The first-order chi connectivity index (χ1) is 14.3. The van der Waals surface area contributed by atoms with Gasteiger partial charge in [0.15, 0.2) is 0 Å². The highest BCUT2D eigenvalue weighted by Crippen LogP contribution is 2.30. The minimum absolute atomic E-state index is 0.0348. The summed E-state index contributed by atoms with van der Waals surface area (Å²) in [4.78, 5) is 27.2. The average Bonchev–Trinajstić information content (AvgIpc) is 2.69. The molecule has 0 spiro atoms. The number of carbonyl (C=O) groups excluding carboxylic acids is 2. The van der Waals surface area contributed by atoms with E-state index in [0.717, 1.165) is 31.5 Å². The number of rotatable bonds is 7. The molecule has 2 saturated heterocycles. The molecular formula is C23H35N3O4. The second-order valence-electron chi connectivity index (χ2n) is 9.47. The van der Waals surface area contributed by atoms with Crippen molar-refractivity contribution in [3.05, 3.63) is 29.8 Å². The van der Waals surface area contributed by atoms with Crippen molar-refractivity contribution >= 4 is 12.3 Å². The lowest BCUT2D eigenvalue weighted by molar-refractivity contribution is -0.115. The minimum Gasteiger partial charge on any atom is -0.493 e. The number of urea groups is 1. The van der Waals surface area contributed by atoms with Crippen LogP contribution in [0.25, 0.3) is 0 Å². The van der Waals surface area contributed by atoms with E-state index in [2.05, 4.69) is 38.2 Å². The molecule has 0 aromatic heterocycles. The molecule has 7 nitrogen and oxygen atoms in total. The van der Waals surface area contributed by atoms with E-state index in [0.29, 0.717) is 25.6 Å². The number of likely N-dealkylation sites (N-methyl/N-ethyl adjacent to an activating group) is 1. The molecule has 3 rings (SSSR count). The first-order valence-electron chi connectivity index (χ1n) is 10.8. The lowest BCUT2D eigenvalue weighted by Gasteiger charge is -2.45. The summed E-state index contributed by atoms with van der Waals surface area (Å²) in [5.41, 5.74) is 1.38. The van der Waals surface area contributed by atoms with Crippen LogP contribution in [-0.4, -0.2) is 80.7 Å². The molecule has 1 aromatic carbocycles. The Hall–Kier alpha value is -2.12. The van der Waals surface area contributed by atoms with E-state index in [1.165, 1.54) is 5.56 Å². The van der Waals surface area contributed by atoms with Crippen LogP contribution in [0.15, 0.2) is 24.3 Å². The third kappa shape index (κ3) is 5.73. The number of hydrogen-bond acceptors (Lipinski definition) is 5. The van der Waals surface area contributed by atoms with Gasteiger partial charge < -0.3 is 29.4 Å². The van der Waals surface area contributed by atoms with E-state index >= 15 is 0 Å². The van der Waals surface area contributed by atoms with Crippen LogP contribution in [-0.2, 0) is 9.53 Å². The molecule has 2 aliphatic rings. The van der Waals surface area contributed by atoms with Crippen molar-refractivity contribution in [2.75, 3.05) is 46.4 Å². The van der Waals surface area contributed by atoms with Gasteiger partial charge in [-0.15, -0.1) is 0 Å². The van der Waals surface area contributed by atoms with Gasteiger partial charge >= 0.3 is 6.03 Å². The van der Waals surface area contributed by atoms with Gasteiger partial charge in [0.1, 0.15) is 18.6 Å². The molecule has 0 bridgehead atoms. The third-order valence-corrected chi connectivity index (χ3v) is 5.74. The van der Waals surface area contributed by atoms with E-state index in [9.17, 15) is 9.59 Å². The molecule has 0 saturated carbocycles. The van der Waals surface area contributed by atoms with E-state index in [4.69, 9.17) is 9.47 Å². The van der Waals surface area contributed by atoms with Crippen molar-refractivity contribution < 1.29 is 19.1 Å². The predicted octanol–water partition coefficient (Wildman–Crippen LogP) is 2.51. The predicted molar refractivity (Wildman–Crippen MR) is 116 cm³/mol. The number of benzene rings is 1. The topological polar surface area (TPSA) is 71.1 Å². The van der Waals surface area contributed by atoms with Gasteiger partial charge in [0.25, 0.3) is 0 Å². The molecule has 30 heavy (non-hydrogen) atoms. The lowest BCUT2D eigenvalue weighted by Crippen LogP contribution is -2.60. The zero-order chi connectivity index (χ0) is 21.7. The van der Waals surface area contributed by atoms with Gasteiger partial charge in [0, 0.05) is 32.1 Å². The number of hydrogen-bond donors (Lipinski definition) is 1. The quantitative estimate of drug-likeness (QED) is 0.691. The number of amides is 2. The van der Waals surface area contributed by atoms with Crippen LogP contribution in [0.5, 0.6) is 5.75 Å². The second kappa shape index (κ2) is 9.79. The SMILES string of the molecule is CN[C@@H]1CN(C(=O)N2CC(c3ccc(OCC(C)(C)C)cc3)C2)CC[C@@H]1OCC=O. The van der Waals surface area contributed by atoms with E-state index in [1.54, 1.807) is 0 Å². The van der Waals surface area contributed by atoms with Crippen molar-refractivity contribution in [3.63, 3.8) is 0 Å². The molecule has 166 valence electrons. The van der Waals surface area contributed by atoms with Crippen LogP contribution in [0.1, 0.15) is 38.7 Å². The molecule has 2 amide bonds. The molecule has 7 heteroatoms. The Morgan fingerprint density at radius 3 is 2.47 bits per heavy atom. The first-order valence-corrected chi connectivity index (χ1v) is 10.8. The van der Waals surface area contributed by atoms with Crippen LogP contribution in [0.4, 0.5) is 4.79 Å². The molecular weight excluding hydrogens is 382 g/mol. The smallest absolute Gasteiger partial charge is 0.320 e. The van der Waals surface area contributed by atoms with Gasteiger partial charge in [-0.05, 0) is 36.6 Å². The summed E-state index contributed by atoms with van der Waals surface area (Å²) in [6, 6.07) is 8.39. The van der Waals surface area contributed by atoms with Crippen molar-refractivity contribution in [2.24, 2.45) is 5.41 Å². The molecule has 0 unspecified atom stereocenters. The van der Waals surface area contributed by atoms with Gasteiger partial charge in [-0.1, -0.05) is 32.9 Å². The normalized spacial score (nSPS) is 22.5. The molecule has 2 heterocycles. The van der Waals surface area contributed by atoms with Crippen molar-refractivity contribution in [3.8, 4) is 5.75 Å². The first kappa shape index (κ1) is 22.6. The summed E-state index contributed by atoms with van der Waals surface area (Å²) in [6.07, 6.45) is 1.47. The number of aldehydes is 1. The van der Waals surface area contributed by atoms with Crippen LogP contribution in [0, 0.1) is 5.41 Å². The summed E-state index contributed by atoms with van der Waals surface area (Å²) in [5, 5.41) is 3.22. The fraction of sp³-hybridized carbons (Fsp3) is 0.652. The highest BCUT2D eigenvalue weighted by molar-refractivity contribution is 5.76. The van der Waals surface area contributed by atoms with Crippen molar-refractivity contribution in [1.82, 2.24) is 15.1 Å². The number of carbonyl (C=O) groups is 2. The van der Waals surface area contributed by atoms with E-state index < -0.39 is 0 Å². The molecule has 2 aliphatic heterocycles. The van der Waals surface area contributed by atoms with Crippen molar-refractivity contribution in [1.29, 1.82) is 0 Å². The van der Waals surface area contributed by atoms with Crippen molar-refractivity contribution in [2.45, 2.75) is 45.3 Å². The summed E-state index contributed by atoms with van der Waals surface area (Å²) in [7, 11) is 1.87. The summed E-state index contributed by atoms with van der Waals surface area (Å²) >= 11 is 0. The molecule has 1 N–H and O–H groups in total. The monoisotopic (exact) mass is 417 g/mol. The van der Waals surface area contributed by atoms with Crippen LogP contribution < -0.4 is 10.1 Å². The number of piperidine rings is 1. The molecule has 1 aromatic rings. The number of nitrogens with zero attached hydrogens (tertiary/aromatic N) is 2. The maximum atomic E-state index is 12.9. The third-order valence-electron chi connectivity index (χ3n) is 5.74. The standard InChI is InChI=1S/C23H35N3O4/c1-23(2,3)16-30-19-7-5-17(6-8-19)18-13-26(14-18)22(28)25-10-9-21(29-12-11-27)20(15-25)24-4/h5-8,11,18,20-21,24H,9-10,12-16H2,1-4H3/t20-,21+/m1/s1. The molecule has 2 fully saturated rings. The summed E-state index contributed by atoms with van der Waals surface area (Å²) < 4.78 is 11.4. The Kier molecular flexibility index (Phi) is 7.36. The van der Waals surface area contributed by atoms with Gasteiger partial charge in [0.2, 0.25) is 0 Å². The van der Waals surface area contributed by atoms with Crippen LogP contribution in [0.3, 0.4) is 0 Å². The zero-order valence-corrected chi connectivity index (χ0v) is 18.6. The Bertz CT molecular complexity index is 710. The molecule has 0 aliphatic carbocycles. The fourth-order valence-electron chi connectivity index (χ4n) is 3.93. The molecule has 2 atom stereocenters. The number of likely N-dealkylation sites (tertiary alicyclic amines) is 2.